The van der Waals surface area contributed by atoms with Gasteiger partial charge in [-0.2, -0.15) is 0 Å². The second-order valence-corrected chi connectivity index (χ2v) is 10.7. The Kier molecular flexibility index (Phi) is 4.79. The van der Waals surface area contributed by atoms with Crippen molar-refractivity contribution in [2.24, 2.45) is 0 Å². The van der Waals surface area contributed by atoms with Gasteiger partial charge in [-0.1, -0.05) is 96.7 Å². The molecule has 0 N–H and O–H groups in total. The fourth-order valence-electron chi connectivity index (χ4n) is 5.51. The molecule has 0 saturated heterocycles. The van der Waals surface area contributed by atoms with Crippen LogP contribution in [0.15, 0.2) is 137 Å². The molecule has 2 nitrogen and oxygen atoms in total. The number of hydrogen-bond acceptors (Lipinski definition) is 3. The van der Waals surface area contributed by atoms with Gasteiger partial charge in [-0.05, 0) is 74.3 Å². The number of hydrogen-bond donors (Lipinski definition) is 0. The maximum atomic E-state index is 6.10. The van der Waals surface area contributed by atoms with E-state index in [0.717, 1.165) is 43.7 Å². The van der Waals surface area contributed by atoms with Gasteiger partial charge < -0.3 is 4.74 Å². The van der Waals surface area contributed by atoms with Crippen LogP contribution in [0.4, 0.5) is 0 Å². The minimum absolute atomic E-state index is 0.901. The van der Waals surface area contributed by atoms with E-state index in [-0.39, 0.29) is 0 Å². The predicted octanol–water partition coefficient (Wildman–Crippen LogP) is 10.1. The van der Waals surface area contributed by atoms with Gasteiger partial charge in [0.05, 0.1) is 15.5 Å². The summed E-state index contributed by atoms with van der Waals surface area (Å²) >= 11 is 1.75. The van der Waals surface area contributed by atoms with Crippen LogP contribution in [-0.2, 0) is 0 Å². The summed E-state index contributed by atoms with van der Waals surface area (Å²) in [5, 5.41) is 7.67. The average Bonchev–Trinajstić information content (AvgIpc) is 3.00. The molecule has 0 amide bonds. The van der Waals surface area contributed by atoms with E-state index in [1.807, 2.05) is 24.4 Å². The van der Waals surface area contributed by atoms with Crippen LogP contribution >= 0.6 is 11.8 Å². The van der Waals surface area contributed by atoms with Crippen LogP contribution in [0.1, 0.15) is 0 Å². The first kappa shape index (κ1) is 21.5. The third-order valence-electron chi connectivity index (χ3n) is 7.37. The number of ether oxygens (including phenoxy) is 1. The molecule has 1 aromatic heterocycles. The van der Waals surface area contributed by atoms with Crippen LogP contribution in [0.2, 0.25) is 0 Å². The molecule has 1 aliphatic heterocycles. The van der Waals surface area contributed by atoms with Gasteiger partial charge >= 0.3 is 0 Å². The fourth-order valence-corrected chi connectivity index (χ4v) is 6.50. The van der Waals surface area contributed by atoms with Gasteiger partial charge in [0.2, 0.25) is 0 Å². The molecule has 178 valence electrons. The van der Waals surface area contributed by atoms with Crippen molar-refractivity contribution in [2.75, 3.05) is 0 Å². The highest BCUT2D eigenvalue weighted by Crippen LogP contribution is 2.48. The van der Waals surface area contributed by atoms with Crippen LogP contribution in [-0.4, -0.2) is 4.98 Å². The number of para-hydroxylation sites is 1. The highest BCUT2D eigenvalue weighted by Gasteiger charge is 2.18. The molecule has 0 atom stereocenters. The van der Waals surface area contributed by atoms with Crippen molar-refractivity contribution < 1.29 is 4.74 Å². The number of benzene rings is 6. The summed E-state index contributed by atoms with van der Waals surface area (Å²) in [6.07, 6.45) is 1.97. The summed E-state index contributed by atoms with van der Waals surface area (Å²) in [6, 6.07) is 42.9. The molecule has 0 fully saturated rings. The predicted molar refractivity (Wildman–Crippen MR) is 158 cm³/mol. The van der Waals surface area contributed by atoms with Crippen LogP contribution < -0.4 is 4.74 Å². The van der Waals surface area contributed by atoms with E-state index >= 15 is 0 Å². The zero-order valence-corrected chi connectivity index (χ0v) is 21.2. The highest BCUT2D eigenvalue weighted by atomic mass is 32.2. The summed E-state index contributed by atoms with van der Waals surface area (Å²) in [5.74, 6) is 1.82. The highest BCUT2D eigenvalue weighted by molar-refractivity contribution is 7.99. The first-order valence-electron chi connectivity index (χ1n) is 12.7. The van der Waals surface area contributed by atoms with Crippen molar-refractivity contribution in [3.63, 3.8) is 0 Å². The van der Waals surface area contributed by atoms with E-state index in [4.69, 9.17) is 9.72 Å². The van der Waals surface area contributed by atoms with Gasteiger partial charge in [0, 0.05) is 17.3 Å². The van der Waals surface area contributed by atoms with Gasteiger partial charge in [0.25, 0.3) is 0 Å². The molecule has 0 aliphatic carbocycles. The molecular weight excluding hydrogens is 482 g/mol. The normalized spacial score (nSPS) is 12.3. The van der Waals surface area contributed by atoms with Gasteiger partial charge in [-0.15, -0.1) is 0 Å². The molecule has 0 bridgehead atoms. The number of nitrogens with zero attached hydrogens (tertiary/aromatic N) is 1. The molecule has 0 spiro atoms. The molecule has 8 rings (SSSR count). The molecule has 0 saturated carbocycles. The lowest BCUT2D eigenvalue weighted by Gasteiger charge is -2.20. The summed E-state index contributed by atoms with van der Waals surface area (Å²) in [4.78, 5) is 7.15. The Bertz CT molecular complexity index is 1990. The van der Waals surface area contributed by atoms with E-state index in [2.05, 4.69) is 103 Å². The first-order chi connectivity index (χ1) is 18.8. The van der Waals surface area contributed by atoms with Gasteiger partial charge in [0.15, 0.2) is 0 Å². The number of rotatable bonds is 2. The molecule has 2 heterocycles. The third-order valence-corrected chi connectivity index (χ3v) is 8.47. The standard InChI is InChI=1S/C35H21NOS/c1-2-9-27-25(7-1)26-8-3-4-10-28(26)30-19-23(13-16-29(27)30)31-17-14-24(21-36-31)22-15-18-33-35(20-22)38-34-12-6-5-11-32(34)37-33/h1-21H. The Morgan fingerprint density at radius 3 is 1.79 bits per heavy atom. The summed E-state index contributed by atoms with van der Waals surface area (Å²) < 4.78 is 6.10. The SMILES string of the molecule is c1ccc2c(c1)Oc1ccc(-c3ccc(-c4ccc5c6ccccc6c6ccccc6c5c4)nc3)cc1S2. The number of aromatic nitrogens is 1. The van der Waals surface area contributed by atoms with E-state index in [1.54, 1.807) is 11.8 Å². The van der Waals surface area contributed by atoms with Gasteiger partial charge in [-0.25, -0.2) is 0 Å². The van der Waals surface area contributed by atoms with Crippen molar-refractivity contribution in [3.05, 3.63) is 128 Å². The van der Waals surface area contributed by atoms with Crippen LogP contribution in [0.5, 0.6) is 11.5 Å². The quantitative estimate of drug-likeness (QED) is 0.219. The zero-order chi connectivity index (χ0) is 25.1. The average molecular weight is 504 g/mol. The van der Waals surface area contributed by atoms with Crippen molar-refractivity contribution in [1.29, 1.82) is 0 Å². The van der Waals surface area contributed by atoms with Crippen molar-refractivity contribution in [1.82, 2.24) is 4.98 Å². The second kappa shape index (κ2) is 8.47. The van der Waals surface area contributed by atoms with E-state index in [0.29, 0.717) is 0 Å². The van der Waals surface area contributed by atoms with Gasteiger partial charge in [-0.3, -0.25) is 4.98 Å². The van der Waals surface area contributed by atoms with E-state index < -0.39 is 0 Å². The van der Waals surface area contributed by atoms with Crippen LogP contribution in [0.25, 0.3) is 54.7 Å². The summed E-state index contributed by atoms with van der Waals surface area (Å²) in [6.45, 7) is 0. The maximum absolute atomic E-state index is 6.10. The Morgan fingerprint density at radius 2 is 1.05 bits per heavy atom. The molecule has 38 heavy (non-hydrogen) atoms. The van der Waals surface area contributed by atoms with Crippen LogP contribution in [0.3, 0.4) is 0 Å². The lowest BCUT2D eigenvalue weighted by Crippen LogP contribution is -1.95. The number of pyridine rings is 1. The lowest BCUT2D eigenvalue weighted by molar-refractivity contribution is 0.454. The minimum Gasteiger partial charge on any atom is -0.455 e. The molecule has 0 radical (unpaired) electrons. The van der Waals surface area contributed by atoms with Crippen molar-refractivity contribution in [3.8, 4) is 33.9 Å². The van der Waals surface area contributed by atoms with E-state index in [9.17, 15) is 0 Å². The minimum atomic E-state index is 0.901. The molecule has 7 aromatic rings. The molecule has 3 heteroatoms. The maximum Gasteiger partial charge on any atom is 0.141 e. The monoisotopic (exact) mass is 503 g/mol. The second-order valence-electron chi connectivity index (χ2n) is 9.60. The largest absolute Gasteiger partial charge is 0.455 e. The van der Waals surface area contributed by atoms with E-state index in [1.165, 1.54) is 32.3 Å². The van der Waals surface area contributed by atoms with Crippen molar-refractivity contribution >= 4 is 44.1 Å². The Morgan fingerprint density at radius 1 is 0.447 bits per heavy atom. The zero-order valence-electron chi connectivity index (χ0n) is 20.4. The Labute approximate surface area is 224 Å². The topological polar surface area (TPSA) is 22.1 Å². The molecular formula is C35H21NOS. The van der Waals surface area contributed by atoms with Crippen LogP contribution in [0, 0.1) is 0 Å². The lowest BCUT2D eigenvalue weighted by atomic mass is 9.93. The third kappa shape index (κ3) is 3.40. The Balaban J connectivity index is 1.18. The Hall–Kier alpha value is -4.60. The van der Waals surface area contributed by atoms with Crippen molar-refractivity contribution in [2.45, 2.75) is 9.79 Å². The fraction of sp³-hybridized carbons (Fsp3) is 0. The number of fused-ring (bicyclic) bond motifs is 8. The van der Waals surface area contributed by atoms with Gasteiger partial charge in [0.1, 0.15) is 11.5 Å². The molecule has 6 aromatic carbocycles. The molecule has 0 unspecified atom stereocenters. The first-order valence-corrected chi connectivity index (χ1v) is 13.5. The summed E-state index contributed by atoms with van der Waals surface area (Å²) in [5.41, 5.74) is 4.32. The smallest absolute Gasteiger partial charge is 0.141 e. The summed E-state index contributed by atoms with van der Waals surface area (Å²) in [7, 11) is 0. The molecule has 1 aliphatic rings.